The van der Waals surface area contributed by atoms with Crippen molar-refractivity contribution in [3.05, 3.63) is 83.0 Å². The number of nitro groups is 1. The predicted octanol–water partition coefficient (Wildman–Crippen LogP) is 35.4. The minimum absolute atomic E-state index is 0.0718. The third-order valence-corrected chi connectivity index (χ3v) is 28.3. The molecule has 1 aromatic carbocycles. The van der Waals surface area contributed by atoms with E-state index in [1.54, 1.807) is 0 Å². The topological polar surface area (TPSA) is 253 Å². The van der Waals surface area contributed by atoms with Crippen LogP contribution >= 0.6 is 0 Å². The quantitative estimate of drug-likeness (QED) is 0.0121. The first-order valence-corrected chi connectivity index (χ1v) is 62.2. The van der Waals surface area contributed by atoms with Gasteiger partial charge >= 0.3 is 36.2 Å². The van der Waals surface area contributed by atoms with Gasteiger partial charge in [0.15, 0.2) is 0 Å². The average molecular weight is 2090 g/mol. The van der Waals surface area contributed by atoms with Crippen molar-refractivity contribution in [2.24, 2.45) is 0 Å². The molecule has 1 rings (SSSR count). The van der Waals surface area contributed by atoms with Gasteiger partial charge in [0.05, 0.1) is 38.0 Å². The fraction of sp³-hybridized carbons (Fsp3) is 0.841. The van der Waals surface area contributed by atoms with Gasteiger partial charge in [-0.25, -0.2) is 9.59 Å². The van der Waals surface area contributed by atoms with E-state index in [4.69, 9.17) is 43.0 Å². The lowest BCUT2D eigenvalue weighted by atomic mass is 10.0. The first kappa shape index (κ1) is 144. The van der Waals surface area contributed by atoms with Crippen LogP contribution in [0, 0.1) is 10.1 Å². The van der Waals surface area contributed by atoms with E-state index in [0.717, 1.165) is 265 Å². The van der Waals surface area contributed by atoms with E-state index in [1.807, 2.05) is 0 Å². The first-order chi connectivity index (χ1) is 72.5. The van der Waals surface area contributed by atoms with Crippen molar-refractivity contribution in [3.8, 4) is 5.75 Å². The number of rotatable bonds is 109. The van der Waals surface area contributed by atoms with Gasteiger partial charge in [0.1, 0.15) is 24.6 Å². The Kier molecular flexibility index (Phi) is 115. The number of unbranched alkanes of at least 4 members (excludes halogenated alkanes) is 56. The number of aliphatic hydroxyl groups is 1. The number of ether oxygens (including phenoxy) is 8. The normalized spacial score (nSPS) is 11.7. The summed E-state index contributed by atoms with van der Waals surface area (Å²) in [5.74, 6) is -0.183. The number of aliphatic hydroxyl groups excluding tert-OH is 1. The molecule has 0 saturated heterocycles. The summed E-state index contributed by atoms with van der Waals surface area (Å²) in [5, 5.41) is 19.8. The maximum atomic E-state index is 12.8. The van der Waals surface area contributed by atoms with Crippen LogP contribution in [0.25, 0.3) is 0 Å². The Labute approximate surface area is 909 Å². The molecule has 0 radical (unpaired) electrons. The van der Waals surface area contributed by atoms with Crippen molar-refractivity contribution in [2.75, 3.05) is 118 Å². The number of non-ortho nitro benzene ring substituents is 1. The molecule has 0 aliphatic heterocycles. The van der Waals surface area contributed by atoms with Crippen LogP contribution in [-0.2, 0) is 52.3 Å². The molecular weight excluding hydrogens is 1860 g/mol. The van der Waals surface area contributed by atoms with E-state index in [9.17, 15) is 38.9 Å². The SMILES string of the molecule is CCCCCCCC/C=C\CCCCCCCC(=O)OCCCCCCC(CCCCCCOC(=O)CCCCCCC/C=C\CCCCCCCC)OC(=O)OCCN(CC)CCN(CC)CC.CCCCCCCC/C=C\CCCCCCCC(=O)OCCCCCCC(CCCCCCOC(=O)CCCCCCC/C=C\CCCCCCCC)OC(=O)Oc1ccc([N+](=O)[O-])cc1.CCN(CC)CCN(CC)CCO. The number of nitro benzene ring substituents is 1. The monoisotopic (exact) mass is 2090 g/mol. The van der Waals surface area contributed by atoms with Crippen molar-refractivity contribution < 1.29 is 76.7 Å². The number of benzene rings is 1. The number of hydrogen-bond acceptors (Lipinski definition) is 21. The molecule has 0 spiro atoms. The Hall–Kier alpha value is -6.20. The third kappa shape index (κ3) is 107. The van der Waals surface area contributed by atoms with Gasteiger partial charge in [0.2, 0.25) is 0 Å². The first-order valence-electron chi connectivity index (χ1n) is 62.2. The highest BCUT2D eigenvalue weighted by molar-refractivity contribution is 5.70. The lowest BCUT2D eigenvalue weighted by molar-refractivity contribution is -0.384. The summed E-state index contributed by atoms with van der Waals surface area (Å²) < 4.78 is 44.5. The lowest BCUT2D eigenvalue weighted by Crippen LogP contribution is -2.37. The maximum absolute atomic E-state index is 12.8. The van der Waals surface area contributed by atoms with Gasteiger partial charge in [-0.05, 0) is 257 Å². The van der Waals surface area contributed by atoms with Crippen molar-refractivity contribution in [3.63, 3.8) is 0 Å². The zero-order valence-electron chi connectivity index (χ0n) is 97.8. The Morgan fingerprint density at radius 1 is 0.264 bits per heavy atom. The number of carbonyl (C=O) groups excluding carboxylic acids is 6. The third-order valence-electron chi connectivity index (χ3n) is 28.3. The molecule has 0 saturated carbocycles. The number of esters is 4. The van der Waals surface area contributed by atoms with Gasteiger partial charge < -0.3 is 57.7 Å². The molecule has 0 aromatic heterocycles. The summed E-state index contributed by atoms with van der Waals surface area (Å²) in [6, 6.07) is 5.33. The van der Waals surface area contributed by atoms with Gasteiger partial charge in [0.25, 0.3) is 5.69 Å². The molecule has 0 aliphatic carbocycles. The van der Waals surface area contributed by atoms with E-state index < -0.39 is 17.2 Å². The summed E-state index contributed by atoms with van der Waals surface area (Å²) in [4.78, 5) is 94.4. The predicted molar refractivity (Wildman–Crippen MR) is 621 cm³/mol. The zero-order valence-corrected chi connectivity index (χ0v) is 97.8. The van der Waals surface area contributed by atoms with Crippen molar-refractivity contribution in [2.45, 2.75) is 569 Å². The summed E-state index contributed by atoms with van der Waals surface area (Å²) in [5.41, 5.74) is -0.0880. The number of likely N-dealkylation sites (N-methyl/N-ethyl adjacent to an activating group) is 4. The Balaban J connectivity index is 0. The van der Waals surface area contributed by atoms with Gasteiger partial charge in [-0.3, -0.25) is 34.2 Å². The van der Waals surface area contributed by atoms with Crippen LogP contribution in [0.1, 0.15) is 557 Å². The second kappa shape index (κ2) is 118. The molecule has 22 heteroatoms. The largest absolute Gasteiger partial charge is 0.514 e. The van der Waals surface area contributed by atoms with Gasteiger partial charge in [-0.1, -0.05) is 375 Å². The highest BCUT2D eigenvalue weighted by atomic mass is 16.7. The Morgan fingerprint density at radius 3 is 0.736 bits per heavy atom. The molecule has 0 fully saturated rings. The molecule has 0 atom stereocenters. The zero-order chi connectivity index (χ0) is 108. The molecule has 0 heterocycles. The molecule has 1 aromatic rings. The Bertz CT molecular complexity index is 3020. The number of hydrogen-bond donors (Lipinski definition) is 1. The Morgan fingerprint density at radius 2 is 0.486 bits per heavy atom. The summed E-state index contributed by atoms with van der Waals surface area (Å²) in [6.07, 6.45) is 101. The lowest BCUT2D eigenvalue weighted by Gasteiger charge is -2.25. The fourth-order valence-electron chi connectivity index (χ4n) is 18.2. The van der Waals surface area contributed by atoms with Gasteiger partial charge in [-0.2, -0.15) is 0 Å². The highest BCUT2D eigenvalue weighted by Gasteiger charge is 2.21. The highest BCUT2D eigenvalue weighted by Crippen LogP contribution is 2.25. The molecule has 864 valence electrons. The molecule has 1 N–H and O–H groups in total. The van der Waals surface area contributed by atoms with Crippen LogP contribution in [-0.4, -0.2) is 196 Å². The van der Waals surface area contributed by atoms with E-state index in [-0.39, 0.29) is 54.1 Å². The van der Waals surface area contributed by atoms with Crippen LogP contribution < -0.4 is 4.74 Å². The van der Waals surface area contributed by atoms with Gasteiger partial charge in [-0.15, -0.1) is 0 Å². The molecular formula is C126H233N5O17. The number of allylic oxidation sites excluding steroid dienone is 8. The maximum Gasteiger partial charge on any atom is 0.514 e. The molecule has 148 heavy (non-hydrogen) atoms. The summed E-state index contributed by atoms with van der Waals surface area (Å²) in [7, 11) is 0. The van der Waals surface area contributed by atoms with E-state index in [2.05, 4.69) is 137 Å². The van der Waals surface area contributed by atoms with Crippen molar-refractivity contribution in [1.82, 2.24) is 19.6 Å². The van der Waals surface area contributed by atoms with Crippen LogP contribution in [0.4, 0.5) is 15.3 Å². The summed E-state index contributed by atoms with van der Waals surface area (Å²) >= 11 is 0. The van der Waals surface area contributed by atoms with Crippen LogP contribution in [0.2, 0.25) is 0 Å². The molecule has 0 amide bonds. The van der Waals surface area contributed by atoms with E-state index in [1.165, 1.54) is 281 Å². The second-order valence-electron chi connectivity index (χ2n) is 41.4. The minimum atomic E-state index is -0.829. The number of carbonyl (C=O) groups is 6. The minimum Gasteiger partial charge on any atom is -0.466 e. The fourth-order valence-corrected chi connectivity index (χ4v) is 18.2. The second-order valence-corrected chi connectivity index (χ2v) is 41.4. The molecule has 22 nitrogen and oxygen atoms in total. The van der Waals surface area contributed by atoms with Crippen molar-refractivity contribution >= 4 is 41.9 Å². The van der Waals surface area contributed by atoms with Crippen LogP contribution in [0.3, 0.4) is 0 Å². The number of nitrogens with zero attached hydrogens (tertiary/aromatic N) is 5. The summed E-state index contributed by atoms with van der Waals surface area (Å²) in [6.45, 7) is 36.4. The van der Waals surface area contributed by atoms with Crippen LogP contribution in [0.15, 0.2) is 72.9 Å². The molecule has 0 bridgehead atoms. The van der Waals surface area contributed by atoms with E-state index >= 15 is 0 Å². The smallest absolute Gasteiger partial charge is 0.466 e. The van der Waals surface area contributed by atoms with Crippen LogP contribution in [0.5, 0.6) is 5.75 Å². The van der Waals surface area contributed by atoms with Crippen molar-refractivity contribution in [1.29, 1.82) is 0 Å². The molecule has 0 unspecified atom stereocenters. The van der Waals surface area contributed by atoms with E-state index in [0.29, 0.717) is 78.1 Å². The standard InChI is InChI=1S/C60H114N2O7.C56H95NO9.C10H24N2O/c1-6-11-13-15-17-19-21-23-25-27-29-31-33-35-43-49-58(63)66-54-45-39-37-41-47-57(69-60(65)68-56-53-62(10-5)52-51-61(8-3)9-4)48-42-38-40-46-55-67-59(64)50-44-36-34-32-30-28-26-24-22-20-18-16-14-12-7-2;1-3-5-7-9-11-13-15-17-19-21-23-25-27-29-37-43-54(58)63-49-39-33-31-35-41-52(65-56(60)66-53-47-45-51(46-48-53)57(61)62)42-36-32-34-40-50-64-55(59)44-38-30-28-26-24-22-20-18-16-14-12-10-8-6-4-2;1-4-11(5-2)7-8-12(6-3)9-10-13/h23-26,57H,6-22,27-56H2,1-5H3;17-20,45-48,52H,3-16,21-44,49-50H2,1-2H3;13H,4-10H2,1-3H3/b25-23-,26-24-;19-17-,20-18-;. The van der Waals surface area contributed by atoms with Gasteiger partial charge in [0, 0.05) is 77.1 Å². The molecule has 0 aliphatic rings. The average Bonchev–Trinajstić information content (AvgIpc) is 0.882.